The van der Waals surface area contributed by atoms with Crippen molar-refractivity contribution in [3.8, 4) is 0 Å². The fourth-order valence-corrected chi connectivity index (χ4v) is 2.18. The van der Waals surface area contributed by atoms with Gasteiger partial charge in [0.1, 0.15) is 4.99 Å². The molecule has 0 atom stereocenters. The molecule has 0 saturated heterocycles. The van der Waals surface area contributed by atoms with Crippen LogP contribution >= 0.6 is 12.2 Å². The highest BCUT2D eigenvalue weighted by Crippen LogP contribution is 2.13. The summed E-state index contributed by atoms with van der Waals surface area (Å²) in [5, 5.41) is 0. The van der Waals surface area contributed by atoms with Crippen LogP contribution in [0.25, 0.3) is 0 Å². The number of nitrogens with two attached hydrogens (primary N) is 1. The Balaban J connectivity index is 2.54. The van der Waals surface area contributed by atoms with Gasteiger partial charge >= 0.3 is 0 Å². The zero-order valence-corrected chi connectivity index (χ0v) is 13.3. The van der Waals surface area contributed by atoms with E-state index >= 15 is 0 Å². The molecule has 0 saturated carbocycles. The molecule has 1 aromatic carbocycles. The van der Waals surface area contributed by atoms with Gasteiger partial charge in [-0.2, -0.15) is 0 Å². The number of benzene rings is 1. The third-order valence-corrected chi connectivity index (χ3v) is 3.45. The van der Waals surface area contributed by atoms with Crippen LogP contribution < -0.4 is 5.73 Å². The summed E-state index contributed by atoms with van der Waals surface area (Å²) in [5.74, 6) is 0. The predicted molar refractivity (Wildman–Crippen MR) is 86.6 cm³/mol. The largest absolute Gasteiger partial charge is 0.389 e. The van der Waals surface area contributed by atoms with Crippen molar-refractivity contribution >= 4 is 17.2 Å². The summed E-state index contributed by atoms with van der Waals surface area (Å²) < 4.78 is 0. The normalized spacial score (nSPS) is 11.3. The molecule has 106 valence electrons. The number of rotatable bonds is 7. The molecule has 0 spiro atoms. The highest BCUT2D eigenvalue weighted by molar-refractivity contribution is 7.80. The standard InChI is InChI=1S/C15H25N3S/c1-12-10-13(15(16)19)6-7-14(12)11-18(4)9-5-8-17(2)3/h6-7,10H,5,8-9,11H2,1-4H3,(H2,16,19). The molecule has 4 heteroatoms. The molecule has 1 aromatic rings. The average molecular weight is 279 g/mol. The van der Waals surface area contributed by atoms with Crippen LogP contribution in [-0.4, -0.2) is 49.0 Å². The SMILES string of the molecule is Cc1cc(C(N)=S)ccc1CN(C)CCCN(C)C. The Labute approximate surface area is 122 Å². The van der Waals surface area contributed by atoms with Crippen molar-refractivity contribution in [2.75, 3.05) is 34.2 Å². The maximum atomic E-state index is 5.64. The van der Waals surface area contributed by atoms with Crippen LogP contribution in [0.2, 0.25) is 0 Å². The minimum atomic E-state index is 0.467. The van der Waals surface area contributed by atoms with Crippen LogP contribution in [0.3, 0.4) is 0 Å². The van der Waals surface area contributed by atoms with Gasteiger partial charge in [-0.1, -0.05) is 24.4 Å². The van der Waals surface area contributed by atoms with Crippen LogP contribution in [0.1, 0.15) is 23.1 Å². The Kier molecular flexibility index (Phi) is 6.42. The van der Waals surface area contributed by atoms with Gasteiger partial charge in [0.2, 0.25) is 0 Å². The maximum Gasteiger partial charge on any atom is 0.103 e. The van der Waals surface area contributed by atoms with Crippen molar-refractivity contribution in [1.29, 1.82) is 0 Å². The highest BCUT2D eigenvalue weighted by atomic mass is 32.1. The third-order valence-electron chi connectivity index (χ3n) is 3.21. The average Bonchev–Trinajstić information content (AvgIpc) is 2.31. The first-order valence-electron chi connectivity index (χ1n) is 6.62. The second kappa shape index (κ2) is 7.58. The number of aryl methyl sites for hydroxylation is 1. The summed E-state index contributed by atoms with van der Waals surface area (Å²) in [7, 11) is 6.38. The monoisotopic (exact) mass is 279 g/mol. The molecule has 0 bridgehead atoms. The molecule has 3 nitrogen and oxygen atoms in total. The van der Waals surface area contributed by atoms with E-state index in [1.807, 2.05) is 6.07 Å². The maximum absolute atomic E-state index is 5.64. The first kappa shape index (κ1) is 16.1. The van der Waals surface area contributed by atoms with Crippen molar-refractivity contribution in [3.05, 3.63) is 34.9 Å². The molecule has 19 heavy (non-hydrogen) atoms. The molecular formula is C15H25N3S. The zero-order valence-electron chi connectivity index (χ0n) is 12.4. The molecule has 0 aliphatic carbocycles. The summed E-state index contributed by atoms with van der Waals surface area (Å²) in [6.07, 6.45) is 1.19. The topological polar surface area (TPSA) is 32.5 Å². The lowest BCUT2D eigenvalue weighted by atomic mass is 10.0. The Morgan fingerprint density at radius 1 is 1.21 bits per heavy atom. The first-order valence-corrected chi connectivity index (χ1v) is 7.03. The zero-order chi connectivity index (χ0) is 14.4. The van der Waals surface area contributed by atoms with Crippen LogP contribution in [0.15, 0.2) is 18.2 Å². The molecule has 0 aromatic heterocycles. The van der Waals surface area contributed by atoms with Gasteiger partial charge < -0.3 is 15.5 Å². The number of hydrogen-bond donors (Lipinski definition) is 1. The lowest BCUT2D eigenvalue weighted by Crippen LogP contribution is -2.23. The molecular weight excluding hydrogens is 254 g/mol. The predicted octanol–water partition coefficient (Wildman–Crippen LogP) is 2.01. The molecule has 0 heterocycles. The van der Waals surface area contributed by atoms with Crippen LogP contribution in [0.4, 0.5) is 0 Å². The quantitative estimate of drug-likeness (QED) is 0.774. The minimum Gasteiger partial charge on any atom is -0.389 e. The van der Waals surface area contributed by atoms with Gasteiger partial charge in [0.25, 0.3) is 0 Å². The molecule has 2 N–H and O–H groups in total. The summed E-state index contributed by atoms with van der Waals surface area (Å²) >= 11 is 5.00. The molecule has 0 amide bonds. The minimum absolute atomic E-state index is 0.467. The van der Waals surface area contributed by atoms with Crippen molar-refractivity contribution in [2.24, 2.45) is 5.73 Å². The van der Waals surface area contributed by atoms with E-state index in [0.29, 0.717) is 4.99 Å². The van der Waals surface area contributed by atoms with Gasteiger partial charge in [-0.15, -0.1) is 0 Å². The lowest BCUT2D eigenvalue weighted by molar-refractivity contribution is 0.294. The second-order valence-corrected chi connectivity index (χ2v) is 5.84. The fraction of sp³-hybridized carbons (Fsp3) is 0.533. The second-order valence-electron chi connectivity index (χ2n) is 5.40. The van der Waals surface area contributed by atoms with E-state index in [0.717, 1.165) is 25.2 Å². The van der Waals surface area contributed by atoms with Gasteiger partial charge in [0, 0.05) is 12.1 Å². The summed E-state index contributed by atoms with van der Waals surface area (Å²) in [4.78, 5) is 5.04. The van der Waals surface area contributed by atoms with E-state index in [9.17, 15) is 0 Å². The van der Waals surface area contributed by atoms with Crippen molar-refractivity contribution < 1.29 is 0 Å². The van der Waals surface area contributed by atoms with Gasteiger partial charge in [-0.3, -0.25) is 0 Å². The molecule has 1 rings (SSSR count). The number of hydrogen-bond acceptors (Lipinski definition) is 3. The van der Waals surface area contributed by atoms with Crippen LogP contribution in [0.5, 0.6) is 0 Å². The summed E-state index contributed by atoms with van der Waals surface area (Å²) in [5.41, 5.74) is 9.19. The first-order chi connectivity index (χ1) is 8.90. The lowest BCUT2D eigenvalue weighted by Gasteiger charge is -2.19. The molecule has 0 radical (unpaired) electrons. The van der Waals surface area contributed by atoms with E-state index in [2.05, 4.69) is 50.0 Å². The summed E-state index contributed by atoms with van der Waals surface area (Å²) in [6.45, 7) is 5.32. The van der Waals surface area contributed by atoms with Crippen LogP contribution in [0, 0.1) is 6.92 Å². The van der Waals surface area contributed by atoms with E-state index in [-0.39, 0.29) is 0 Å². The molecule has 0 aliphatic heterocycles. The molecule has 0 fully saturated rings. The highest BCUT2D eigenvalue weighted by Gasteiger charge is 2.05. The number of thiocarbonyl (C=S) groups is 1. The molecule has 0 unspecified atom stereocenters. The van der Waals surface area contributed by atoms with Gasteiger partial charge in [-0.25, -0.2) is 0 Å². The van der Waals surface area contributed by atoms with Crippen molar-refractivity contribution in [2.45, 2.75) is 19.9 Å². The van der Waals surface area contributed by atoms with E-state index < -0.39 is 0 Å². The van der Waals surface area contributed by atoms with Gasteiger partial charge in [0.05, 0.1) is 0 Å². The van der Waals surface area contributed by atoms with Gasteiger partial charge in [0.15, 0.2) is 0 Å². The van der Waals surface area contributed by atoms with E-state index in [1.165, 1.54) is 17.5 Å². The Hall–Kier alpha value is -0.970. The Morgan fingerprint density at radius 3 is 2.42 bits per heavy atom. The van der Waals surface area contributed by atoms with Crippen molar-refractivity contribution in [1.82, 2.24) is 9.80 Å². The molecule has 0 aliphatic rings. The third kappa shape index (κ3) is 5.68. The van der Waals surface area contributed by atoms with E-state index in [1.54, 1.807) is 0 Å². The fourth-order valence-electron chi connectivity index (χ4n) is 2.05. The number of nitrogens with zero attached hydrogens (tertiary/aromatic N) is 2. The summed E-state index contributed by atoms with van der Waals surface area (Å²) in [6, 6.07) is 6.22. The van der Waals surface area contributed by atoms with Gasteiger partial charge in [-0.05, 0) is 64.8 Å². The van der Waals surface area contributed by atoms with Crippen molar-refractivity contribution in [3.63, 3.8) is 0 Å². The Bertz CT molecular complexity index is 429. The van der Waals surface area contributed by atoms with E-state index in [4.69, 9.17) is 18.0 Å². The smallest absolute Gasteiger partial charge is 0.103 e. The van der Waals surface area contributed by atoms with Crippen LogP contribution in [-0.2, 0) is 6.54 Å². The Morgan fingerprint density at radius 2 is 1.89 bits per heavy atom.